The van der Waals surface area contributed by atoms with Gasteiger partial charge in [0.05, 0.1) is 69.7 Å². The van der Waals surface area contributed by atoms with Crippen LogP contribution in [0, 0.1) is 83.7 Å². The molecule has 7 fully saturated rings. The lowest BCUT2D eigenvalue weighted by molar-refractivity contribution is -0.319. The molecule has 0 amide bonds. The highest BCUT2D eigenvalue weighted by atomic mass is 35.5. The van der Waals surface area contributed by atoms with Crippen LogP contribution in [0.4, 0.5) is 52.7 Å². The predicted molar refractivity (Wildman–Crippen MR) is 489 cm³/mol. The molecular formula is C98H82Cl2F12N18O20. The molecule has 6 aromatic heterocycles. The lowest BCUT2D eigenvalue weighted by atomic mass is 9.91. The van der Waals surface area contributed by atoms with Gasteiger partial charge in [-0.1, -0.05) is 147 Å². The summed E-state index contributed by atoms with van der Waals surface area (Å²) < 4.78 is 236. The summed E-state index contributed by atoms with van der Waals surface area (Å²) in [4.78, 5) is 33.0. The third-order valence-electron chi connectivity index (χ3n) is 25.4. The molecule has 52 heteroatoms. The van der Waals surface area contributed by atoms with Crippen LogP contribution in [0.15, 0.2) is 213 Å². The standard InChI is InChI=1S/C30H24ClF3N6O4.C23H20ClF3N6O4.C23H20F3N3O6.C22H18F3N3O6/c1-15-35-29(40(37-15)19-9-5-8-18(31)12-19)28-26(41)25(27-23(43-28)14-42-30(44-27)16-6-3-2-4-7-16)39-13-22(36-38-39)17-10-20(32)24(34)21(33)11-17;1-10-28-23(33(30-10)13-4-2-3-12(24)7-13)22-21(36)19(20(35)17(9-34)37-22)32-8-16(29-31-32)11-5-14(25)18(27)15(26)6-11;1-32-22(31)21-19(30)18(20-16(34-21)10-33-23(35-20)11-5-3-2-4-6-11)29-9-15(27-28-29)12-7-13(24)17(26)14(25)8-12;23-12-6-11(7-13(24)16(12)25)14-8-28(27-26-14)17-18(29)20(21(30)31)33-15-9-32-22(34-19(15)17)10-4-2-1-3-5-10/h2-13,23,25-28,30,41H,14H2,1H3;2-8,17,19-22,34-36H,9H2,1H3;2-9,16,18-21,23,30H,10H2,1H3;1-8,15,17-20,22,29H,9H2,(H,30,31)/t23-,25-,26-,27+,28-,30+;17-,19+,20+,21-,22-;16-,18-,19-,20+,21-,23+;15-,17-,18-,19+,20-,22+/m1111/s1. The highest BCUT2D eigenvalue weighted by molar-refractivity contribution is 6.31. The molecule has 0 radical (unpaired) electrons. The topological polar surface area (TPSA) is 462 Å². The van der Waals surface area contributed by atoms with Gasteiger partial charge in [0, 0.05) is 49.0 Å². The fourth-order valence-electron chi connectivity index (χ4n) is 18.3. The Morgan fingerprint density at radius 3 is 1.01 bits per heavy atom. The number of aryl methyl sites for hydroxylation is 2. The van der Waals surface area contributed by atoms with Gasteiger partial charge in [-0.2, -0.15) is 10.2 Å². The number of aliphatic hydroxyl groups is 6. The average molecular weight is 2130 g/mol. The largest absolute Gasteiger partial charge is 0.479 e. The van der Waals surface area contributed by atoms with Crippen LogP contribution in [0.2, 0.25) is 10.0 Å². The number of ether oxygens (including phenoxy) is 11. The Labute approximate surface area is 847 Å². The number of benzene rings is 9. The molecule has 7 aliphatic heterocycles. The van der Waals surface area contributed by atoms with Crippen molar-refractivity contribution in [3.05, 3.63) is 333 Å². The third-order valence-corrected chi connectivity index (χ3v) is 25.9. The number of hydrogen-bond donors (Lipinski definition) is 7. The van der Waals surface area contributed by atoms with E-state index in [1.807, 2.05) is 66.7 Å². The SMILES string of the molecule is COC(=O)[C@@H]1O[C@@H]2CO[C@H](c3ccccc3)O[C@@H]2[C@H](n2cc(-c3cc(F)c(F)c(F)c3)nn2)[C@H]1O.Cc1nc([C@@H]2O[C@@H]3CO[C@H](c4ccccc4)O[C@@H]3[C@H](n3cc(-c4cc(F)c(F)c(F)c4)nn3)[C@H]2O)n(-c2cccc(Cl)c2)n1.Cc1nc([C@@H]2O[C@H](CO)[C@H](O)[C@H](n3cc(-c4cc(F)c(F)c(F)c4)nn3)[C@H]2O)n(-c2cccc(Cl)c2)n1.O=C(O)[C@@H]1O[C@@H]2CO[C@H](c3ccccc3)O[C@@H]2[C@H](n2cc(-c3cc(F)c(F)c(F)c3)nn2)[C@H]1O. The van der Waals surface area contributed by atoms with Gasteiger partial charge in [0.1, 0.15) is 144 Å². The molecule has 9 aromatic carbocycles. The van der Waals surface area contributed by atoms with Gasteiger partial charge >= 0.3 is 11.9 Å². The highest BCUT2D eigenvalue weighted by Crippen LogP contribution is 2.48. The van der Waals surface area contributed by atoms with E-state index < -0.39 is 229 Å². The zero-order chi connectivity index (χ0) is 106. The fourth-order valence-corrected chi connectivity index (χ4v) is 18.7. The van der Waals surface area contributed by atoms with Crippen molar-refractivity contribution >= 4 is 35.1 Å². The lowest BCUT2D eigenvalue weighted by Gasteiger charge is -2.47. The van der Waals surface area contributed by atoms with Crippen LogP contribution < -0.4 is 0 Å². The Morgan fingerprint density at radius 2 is 0.687 bits per heavy atom. The van der Waals surface area contributed by atoms with Crippen LogP contribution in [0.5, 0.6) is 0 Å². The van der Waals surface area contributed by atoms with Gasteiger partial charge in [0.2, 0.25) is 0 Å². The van der Waals surface area contributed by atoms with E-state index in [9.17, 15) is 98.0 Å². The summed E-state index contributed by atoms with van der Waals surface area (Å²) in [5.74, 6) is -18.5. The zero-order valence-electron chi connectivity index (χ0n) is 77.6. The van der Waals surface area contributed by atoms with Crippen LogP contribution >= 0.6 is 23.2 Å². The van der Waals surface area contributed by atoms with Crippen molar-refractivity contribution in [2.75, 3.05) is 33.5 Å². The van der Waals surface area contributed by atoms with Crippen LogP contribution in [0.1, 0.15) is 95.2 Å². The number of esters is 1. The molecule has 22 rings (SSSR count). The average Bonchev–Trinajstić information content (AvgIpc) is 1.59. The minimum absolute atomic E-state index is 0.0133. The molecule has 13 heterocycles. The summed E-state index contributed by atoms with van der Waals surface area (Å²) in [6.45, 7) is 2.86. The Balaban J connectivity index is 0.000000126. The van der Waals surface area contributed by atoms with E-state index in [4.69, 9.17) is 75.3 Å². The lowest BCUT2D eigenvalue weighted by Crippen LogP contribution is -2.61. The molecule has 7 aliphatic rings. The second-order valence-electron chi connectivity index (χ2n) is 35.0. The van der Waals surface area contributed by atoms with Crippen molar-refractivity contribution in [2.45, 2.75) is 155 Å². The van der Waals surface area contributed by atoms with Crippen LogP contribution in [0.25, 0.3) is 56.4 Å². The van der Waals surface area contributed by atoms with E-state index in [1.165, 1.54) is 38.8 Å². The number of carboxylic acids is 1. The summed E-state index contributed by atoms with van der Waals surface area (Å²) in [5.41, 5.74) is 3.03. The van der Waals surface area contributed by atoms with E-state index in [0.717, 1.165) is 76.1 Å². The monoisotopic (exact) mass is 2130 g/mol. The molecule has 0 aliphatic carbocycles. The number of fused-ring (bicyclic) bond motifs is 3. The minimum Gasteiger partial charge on any atom is -0.479 e. The van der Waals surface area contributed by atoms with Crippen molar-refractivity contribution in [2.24, 2.45) is 0 Å². The highest BCUT2D eigenvalue weighted by Gasteiger charge is 2.58. The minimum atomic E-state index is -1.63. The van der Waals surface area contributed by atoms with E-state index in [0.29, 0.717) is 44.5 Å². The maximum Gasteiger partial charge on any atom is 0.337 e. The van der Waals surface area contributed by atoms with Gasteiger partial charge in [-0.05, 0) is 98.8 Å². The summed E-state index contributed by atoms with van der Waals surface area (Å²) in [6, 6.07) is 43.0. The van der Waals surface area contributed by atoms with Crippen LogP contribution in [-0.4, -0.2) is 256 Å². The number of rotatable bonds is 18. The Morgan fingerprint density at radius 1 is 0.380 bits per heavy atom. The number of aromatic nitrogens is 18. The molecule has 0 spiro atoms. The van der Waals surface area contributed by atoms with Crippen molar-refractivity contribution in [1.82, 2.24) is 89.5 Å². The summed E-state index contributed by atoms with van der Waals surface area (Å²) in [5, 5.41) is 117. The van der Waals surface area contributed by atoms with Crippen molar-refractivity contribution in [3.8, 4) is 56.4 Å². The molecule has 7 N–H and O–H groups in total. The van der Waals surface area contributed by atoms with Crippen LogP contribution in [-0.2, 0) is 61.7 Å². The van der Waals surface area contributed by atoms with Crippen molar-refractivity contribution < 1.29 is 150 Å². The first-order valence-corrected chi connectivity index (χ1v) is 46.5. The molecule has 0 bridgehead atoms. The number of carboxylic acid groups (broad SMARTS) is 1. The van der Waals surface area contributed by atoms with Gasteiger partial charge < -0.3 is 87.9 Å². The number of hydrogen-bond acceptors (Lipinski definition) is 31. The summed E-state index contributed by atoms with van der Waals surface area (Å²) in [7, 11) is 1.16. The number of carbonyl (C=O) groups is 2. The molecular weight excluding hydrogens is 2050 g/mol. The quantitative estimate of drug-likeness (QED) is 0.0238. The fraction of sp³-hybridized carbons (Fsp3) is 0.306. The molecule has 23 atom stereocenters. The van der Waals surface area contributed by atoms with E-state index in [-0.39, 0.29) is 70.7 Å². The first-order valence-electron chi connectivity index (χ1n) is 45.7. The third kappa shape index (κ3) is 21.3. The number of carbonyl (C=O) groups excluding carboxylic acids is 1. The number of nitrogens with zero attached hydrogens (tertiary/aromatic N) is 18. The number of aliphatic hydroxyl groups excluding tert-OH is 6. The molecule has 150 heavy (non-hydrogen) atoms. The van der Waals surface area contributed by atoms with Gasteiger partial charge in [-0.3, -0.25) is 0 Å². The van der Waals surface area contributed by atoms with Gasteiger partial charge in [0.15, 0.2) is 113 Å². The molecule has 0 saturated carbocycles. The van der Waals surface area contributed by atoms with Crippen molar-refractivity contribution in [1.29, 1.82) is 0 Å². The Bertz CT molecular complexity index is 7320. The Kier molecular flexibility index (Phi) is 30.7. The summed E-state index contributed by atoms with van der Waals surface area (Å²) >= 11 is 12.4. The normalized spacial score (nSPS) is 26.5. The maximum absolute atomic E-state index is 14.0. The summed E-state index contributed by atoms with van der Waals surface area (Å²) in [6.07, 6.45) is -15.8. The number of aliphatic carboxylic acids is 1. The van der Waals surface area contributed by atoms with Gasteiger partial charge in [-0.15, -0.1) is 20.4 Å². The van der Waals surface area contributed by atoms with Crippen molar-refractivity contribution in [3.63, 3.8) is 0 Å². The van der Waals surface area contributed by atoms with Gasteiger partial charge in [-0.25, -0.2) is 100 Å². The smallest absolute Gasteiger partial charge is 0.337 e. The molecule has 38 nitrogen and oxygen atoms in total. The zero-order valence-corrected chi connectivity index (χ0v) is 79.1. The van der Waals surface area contributed by atoms with E-state index in [2.05, 4.69) is 61.4 Å². The maximum atomic E-state index is 14.0. The number of methoxy groups -OCH3 is 1. The first kappa shape index (κ1) is 104. The molecule has 782 valence electrons. The van der Waals surface area contributed by atoms with Crippen LogP contribution in [0.3, 0.4) is 0 Å². The van der Waals surface area contributed by atoms with E-state index >= 15 is 0 Å². The molecule has 0 unspecified atom stereocenters. The van der Waals surface area contributed by atoms with E-state index in [1.54, 1.807) is 91.3 Å². The predicted octanol–water partition coefficient (Wildman–Crippen LogP) is 11.9. The Hall–Kier alpha value is -14.1. The molecule has 15 aromatic rings. The second-order valence-corrected chi connectivity index (χ2v) is 35.9. The number of halogens is 14. The molecule has 7 saturated heterocycles. The van der Waals surface area contributed by atoms with Gasteiger partial charge in [0.25, 0.3) is 0 Å². The second kappa shape index (κ2) is 44.2. The first-order chi connectivity index (χ1) is 72.1.